The number of nitrogens with one attached hydrogen (secondary N) is 2. The van der Waals surface area contributed by atoms with Crippen molar-refractivity contribution in [2.75, 3.05) is 0 Å². The van der Waals surface area contributed by atoms with Gasteiger partial charge in [-0.3, -0.25) is 34.5 Å². The quantitative estimate of drug-likeness (QED) is 0.335. The van der Waals surface area contributed by atoms with Gasteiger partial charge in [-0.1, -0.05) is 0 Å². The van der Waals surface area contributed by atoms with E-state index in [1.165, 1.54) is 11.3 Å². The van der Waals surface area contributed by atoms with Gasteiger partial charge < -0.3 is 0 Å². The van der Waals surface area contributed by atoms with E-state index in [0.717, 1.165) is 72.0 Å². The maximum atomic E-state index is 13.5. The Bertz CT molecular complexity index is 2010. The van der Waals surface area contributed by atoms with Crippen LogP contribution in [-0.4, -0.2) is 45.6 Å². The third-order valence-electron chi connectivity index (χ3n) is 6.56. The molecule has 1 saturated carbocycles. The molecule has 5 aromatic heterocycles. The second kappa shape index (κ2) is 6.80. The summed E-state index contributed by atoms with van der Waals surface area (Å²) in [4.78, 5) is 37.5. The fourth-order valence-corrected chi connectivity index (χ4v) is 5.67. The van der Waals surface area contributed by atoms with Crippen molar-refractivity contribution >= 4 is 70.8 Å². The van der Waals surface area contributed by atoms with Crippen LogP contribution in [0.2, 0.25) is 0 Å². The Balaban J connectivity index is 1.61. The molecule has 10 heteroatoms. The van der Waals surface area contributed by atoms with Gasteiger partial charge in [0.15, 0.2) is 5.65 Å². The summed E-state index contributed by atoms with van der Waals surface area (Å²) >= 11 is 1.54. The smallest absolute Gasteiger partial charge is 0.235 e. The Morgan fingerprint density at radius 3 is 2.80 bits per heavy atom. The molecule has 7 heterocycles. The molecule has 35 heavy (non-hydrogen) atoms. The Morgan fingerprint density at radius 2 is 1.89 bits per heavy atom. The van der Waals surface area contributed by atoms with Gasteiger partial charge >= 0.3 is 0 Å². The van der Waals surface area contributed by atoms with Crippen molar-refractivity contribution in [3.63, 3.8) is 0 Å². The van der Waals surface area contributed by atoms with Crippen molar-refractivity contribution in [3.8, 4) is 11.3 Å². The molecule has 8 rings (SSSR count). The summed E-state index contributed by atoms with van der Waals surface area (Å²) in [6, 6.07) is 7.98. The van der Waals surface area contributed by atoms with Gasteiger partial charge in [0.05, 0.1) is 35.1 Å². The number of thiophene rings is 1. The topological polar surface area (TPSA) is 118 Å². The van der Waals surface area contributed by atoms with Crippen LogP contribution in [0.25, 0.3) is 64.8 Å². The molecule has 0 atom stereocenters. The standard InChI is InChI=1S/C25H16N8OS/c34-25(12-1-2-12)33-14-5-13(7-26-8-14)17-6-15-18(11-28-17)31-32-23(15)24-29-19-10-27-9-16(22(19)30-24)20-3-4-21(33)35-20/h3-12,31-32H,1-2H2. The monoisotopic (exact) mass is 476 g/mol. The molecule has 1 aliphatic carbocycles. The molecule has 168 valence electrons. The van der Waals surface area contributed by atoms with Crippen LogP contribution in [0.1, 0.15) is 17.6 Å². The summed E-state index contributed by atoms with van der Waals surface area (Å²) < 4.78 is 2.77. The molecule has 0 radical (unpaired) electrons. The normalized spacial score (nSPS) is 14.1. The van der Waals surface area contributed by atoms with Crippen LogP contribution >= 0.6 is 11.3 Å². The highest BCUT2D eigenvalue weighted by Gasteiger charge is 2.31. The fraction of sp³-hybridized carbons (Fsp3) is 0.120. The number of aromatic amines is 2. The third kappa shape index (κ3) is 2.80. The van der Waals surface area contributed by atoms with Crippen LogP contribution in [0.5, 0.6) is 0 Å². The minimum absolute atomic E-state index is 0.0484. The second-order valence-corrected chi connectivity index (χ2v) is 9.92. The number of H-pyrrole nitrogens is 2. The minimum atomic E-state index is 0.0484. The Labute approximate surface area is 200 Å². The van der Waals surface area contributed by atoms with Crippen LogP contribution in [0, 0.1) is 5.92 Å². The lowest BCUT2D eigenvalue weighted by Crippen LogP contribution is -2.12. The number of nitrogens with zero attached hydrogens (tertiary/aromatic N) is 6. The molecule has 8 bridgehead atoms. The zero-order valence-corrected chi connectivity index (χ0v) is 19.0. The zero-order chi connectivity index (χ0) is 23.1. The predicted molar refractivity (Wildman–Crippen MR) is 135 cm³/mol. The molecular weight excluding hydrogens is 460 g/mol. The van der Waals surface area contributed by atoms with E-state index in [2.05, 4.69) is 25.1 Å². The first-order valence-corrected chi connectivity index (χ1v) is 12.1. The molecule has 2 aliphatic heterocycles. The van der Waals surface area contributed by atoms with Crippen molar-refractivity contribution in [1.82, 2.24) is 39.7 Å². The number of imidazole rings is 1. The Kier molecular flexibility index (Phi) is 3.68. The van der Waals surface area contributed by atoms with Crippen molar-refractivity contribution in [2.45, 2.75) is 12.8 Å². The van der Waals surface area contributed by atoms with E-state index >= 15 is 0 Å². The predicted octanol–water partition coefficient (Wildman–Crippen LogP) is 5.23. The average Bonchev–Trinajstić information content (AvgIpc) is 3.26. The van der Waals surface area contributed by atoms with E-state index in [9.17, 15) is 4.79 Å². The molecule has 0 saturated heterocycles. The molecule has 0 unspecified atom stereocenters. The summed E-state index contributed by atoms with van der Waals surface area (Å²) in [5.74, 6) is 0.145. The number of fused-ring (bicyclic) bond motifs is 9. The molecule has 0 spiro atoms. The van der Waals surface area contributed by atoms with Gasteiger partial charge in [0, 0.05) is 39.3 Å². The highest BCUT2D eigenvalue weighted by Crippen LogP contribution is 2.35. The highest BCUT2D eigenvalue weighted by molar-refractivity contribution is 7.24. The van der Waals surface area contributed by atoms with Crippen LogP contribution in [0.3, 0.4) is 0 Å². The molecule has 2 N–H and O–H groups in total. The molecule has 5 aromatic rings. The minimum Gasteiger partial charge on any atom is -0.298 e. The average molecular weight is 477 g/mol. The first-order valence-electron chi connectivity index (χ1n) is 11.3. The number of carbonyl (C=O) groups is 1. The highest BCUT2D eigenvalue weighted by atomic mass is 32.1. The molecule has 9 nitrogen and oxygen atoms in total. The first kappa shape index (κ1) is 18.9. The summed E-state index contributed by atoms with van der Waals surface area (Å²) in [6.07, 6.45) is 10.7. The number of carbonyl (C=O) groups excluding carboxylic acids is 1. The zero-order valence-electron chi connectivity index (χ0n) is 18.2. The van der Waals surface area contributed by atoms with Gasteiger partial charge in [-0.05, 0) is 37.1 Å². The molecule has 1 fully saturated rings. The molecular formula is C25H16N8OS. The van der Waals surface area contributed by atoms with Gasteiger partial charge in [-0.25, -0.2) is 9.97 Å². The van der Waals surface area contributed by atoms with Crippen LogP contribution < -0.4 is 0 Å². The van der Waals surface area contributed by atoms with Crippen LogP contribution in [0.15, 0.2) is 55.2 Å². The van der Waals surface area contributed by atoms with E-state index < -0.39 is 0 Å². The van der Waals surface area contributed by atoms with Crippen molar-refractivity contribution in [3.05, 3.63) is 55.2 Å². The van der Waals surface area contributed by atoms with E-state index in [-0.39, 0.29) is 11.8 Å². The fourth-order valence-electron chi connectivity index (χ4n) is 4.63. The number of rotatable bonds is 1. The largest absolute Gasteiger partial charge is 0.298 e. The summed E-state index contributed by atoms with van der Waals surface area (Å²) in [6.45, 7) is 0. The van der Waals surface area contributed by atoms with Crippen LogP contribution in [0.4, 0.5) is 0 Å². The van der Waals surface area contributed by atoms with Gasteiger partial charge in [0.1, 0.15) is 21.6 Å². The number of hydrogen-bond acceptors (Lipinski definition) is 7. The van der Waals surface area contributed by atoms with Gasteiger partial charge in [0.2, 0.25) is 5.91 Å². The Hall–Kier alpha value is -4.44. The van der Waals surface area contributed by atoms with E-state index in [0.29, 0.717) is 5.65 Å². The van der Waals surface area contributed by atoms with Crippen molar-refractivity contribution < 1.29 is 4.79 Å². The SMILES string of the molecule is O=C(C1CC1)n1c2cncc(c2)c2cc3c(cn2)[nH][nH]c-3c2nc3cncc(c4ccc1s4)c3n2. The number of aromatic nitrogens is 8. The van der Waals surface area contributed by atoms with Crippen LogP contribution in [-0.2, 0) is 0 Å². The van der Waals surface area contributed by atoms with Gasteiger partial charge in [-0.15, -0.1) is 11.3 Å². The summed E-state index contributed by atoms with van der Waals surface area (Å²) in [5, 5.41) is 8.09. The van der Waals surface area contributed by atoms with Crippen molar-refractivity contribution in [2.24, 2.45) is 5.92 Å². The summed E-state index contributed by atoms with van der Waals surface area (Å²) in [7, 11) is 0. The van der Waals surface area contributed by atoms with Crippen molar-refractivity contribution in [1.29, 1.82) is 0 Å². The van der Waals surface area contributed by atoms with E-state index in [4.69, 9.17) is 9.97 Å². The molecule has 0 amide bonds. The number of hydrogen-bond donors (Lipinski definition) is 2. The van der Waals surface area contributed by atoms with Gasteiger partial charge in [0.25, 0.3) is 0 Å². The lowest BCUT2D eigenvalue weighted by atomic mass is 10.1. The third-order valence-corrected chi connectivity index (χ3v) is 7.67. The lowest BCUT2D eigenvalue weighted by Gasteiger charge is -2.06. The number of pyridine rings is 3. The maximum Gasteiger partial charge on any atom is 0.235 e. The van der Waals surface area contributed by atoms with Gasteiger partial charge in [-0.2, -0.15) is 0 Å². The maximum absolute atomic E-state index is 13.5. The van der Waals surface area contributed by atoms with E-state index in [1.807, 2.05) is 30.5 Å². The Morgan fingerprint density at radius 1 is 0.971 bits per heavy atom. The molecule has 3 aliphatic rings. The lowest BCUT2D eigenvalue weighted by molar-refractivity contribution is 0.0896. The second-order valence-electron chi connectivity index (χ2n) is 8.86. The molecule has 0 aromatic carbocycles. The van der Waals surface area contributed by atoms with E-state index in [1.54, 1.807) is 29.4 Å². The first-order chi connectivity index (χ1) is 17.2. The summed E-state index contributed by atoms with van der Waals surface area (Å²) in [5.41, 5.74) is 6.11.